The molecule has 2 rings (SSSR count). The van der Waals surface area contributed by atoms with Crippen molar-refractivity contribution in [3.8, 4) is 0 Å². The number of carbonyl (C=O) groups excluding carboxylic acids is 1. The second-order valence-corrected chi connectivity index (χ2v) is 4.85. The molecule has 0 unspecified atom stereocenters. The molecule has 0 aromatic heterocycles. The molecule has 1 amide bonds. The number of nitrogens with one attached hydrogen (secondary N) is 1. The van der Waals surface area contributed by atoms with Crippen LogP contribution in [0, 0.1) is 0 Å². The molecule has 0 bridgehead atoms. The molecule has 0 fully saturated rings. The van der Waals surface area contributed by atoms with Gasteiger partial charge in [-0.3, -0.25) is 4.79 Å². The van der Waals surface area contributed by atoms with E-state index in [1.165, 1.54) is 5.56 Å². The van der Waals surface area contributed by atoms with Crippen LogP contribution in [0.2, 0.25) is 0 Å². The molecular formula is C12H17NO. The van der Waals surface area contributed by atoms with Gasteiger partial charge in [0.15, 0.2) is 0 Å². The van der Waals surface area contributed by atoms with Crippen LogP contribution in [-0.4, -0.2) is 5.91 Å². The monoisotopic (exact) mass is 191 g/mol. The molecule has 14 heavy (non-hydrogen) atoms. The van der Waals surface area contributed by atoms with Crippen molar-refractivity contribution in [1.82, 2.24) is 0 Å². The van der Waals surface area contributed by atoms with E-state index in [1.807, 2.05) is 6.07 Å². The molecule has 0 spiro atoms. The smallest absolute Gasteiger partial charge is 0.228 e. The first kappa shape index (κ1) is 9.25. The highest BCUT2D eigenvalue weighted by molar-refractivity contribution is 5.99. The van der Waals surface area contributed by atoms with E-state index in [4.69, 9.17) is 0 Å². The first-order chi connectivity index (χ1) is 6.47. The number of rotatable bonds is 0. The highest BCUT2D eigenvalue weighted by Gasteiger charge is 2.20. The summed E-state index contributed by atoms with van der Waals surface area (Å²) < 4.78 is 0. The summed E-state index contributed by atoms with van der Waals surface area (Å²) in [4.78, 5) is 11.1. The highest BCUT2D eigenvalue weighted by atomic mass is 16.1. The summed E-state index contributed by atoms with van der Waals surface area (Å²) in [6, 6.07) is 6.24. The molecule has 1 N–H and O–H groups in total. The number of carbonyl (C=O) groups is 1. The summed E-state index contributed by atoms with van der Waals surface area (Å²) in [6.45, 7) is 6.52. The number of hydrogen-bond acceptors (Lipinski definition) is 1. The lowest BCUT2D eigenvalue weighted by molar-refractivity contribution is -0.115. The Labute approximate surface area is 85.8 Å². The Hall–Kier alpha value is -1.31. The van der Waals surface area contributed by atoms with E-state index in [-0.39, 0.29) is 12.7 Å². The maximum absolute atomic E-state index is 11.1. The van der Waals surface area contributed by atoms with E-state index in [9.17, 15) is 4.79 Å². The summed E-state index contributed by atoms with van der Waals surface area (Å²) in [6.07, 6.45) is 0.528. The SMILES string of the molecule is CC(C)(C)c1ccc2c(c1)NC(=O)C2.[HH]. The lowest BCUT2D eigenvalue weighted by Gasteiger charge is -2.19. The van der Waals surface area contributed by atoms with E-state index >= 15 is 0 Å². The van der Waals surface area contributed by atoms with Gasteiger partial charge < -0.3 is 5.32 Å². The molecule has 1 aliphatic rings. The summed E-state index contributed by atoms with van der Waals surface area (Å²) >= 11 is 0. The summed E-state index contributed by atoms with van der Waals surface area (Å²) in [7, 11) is 0. The molecule has 2 nitrogen and oxygen atoms in total. The zero-order valence-corrected chi connectivity index (χ0v) is 8.85. The van der Waals surface area contributed by atoms with Crippen LogP contribution in [0.1, 0.15) is 33.3 Å². The van der Waals surface area contributed by atoms with Crippen molar-refractivity contribution in [2.75, 3.05) is 5.32 Å². The predicted molar refractivity (Wildman–Crippen MR) is 59.6 cm³/mol. The predicted octanol–water partition coefficient (Wildman–Crippen LogP) is 2.72. The largest absolute Gasteiger partial charge is 0.326 e. The number of fused-ring (bicyclic) bond motifs is 1. The van der Waals surface area contributed by atoms with Gasteiger partial charge in [-0.1, -0.05) is 32.9 Å². The van der Waals surface area contributed by atoms with Gasteiger partial charge in [0.05, 0.1) is 6.42 Å². The third-order valence-corrected chi connectivity index (χ3v) is 2.60. The van der Waals surface area contributed by atoms with E-state index in [2.05, 4.69) is 38.2 Å². The Kier molecular flexibility index (Phi) is 1.88. The average molecular weight is 191 g/mol. The van der Waals surface area contributed by atoms with Gasteiger partial charge in [0.1, 0.15) is 0 Å². The van der Waals surface area contributed by atoms with Gasteiger partial charge in [0.2, 0.25) is 5.91 Å². The topological polar surface area (TPSA) is 29.1 Å². The van der Waals surface area contributed by atoms with Crippen LogP contribution in [0.15, 0.2) is 18.2 Å². The lowest BCUT2D eigenvalue weighted by atomic mass is 9.86. The van der Waals surface area contributed by atoms with E-state index < -0.39 is 0 Å². The van der Waals surface area contributed by atoms with E-state index in [0.717, 1.165) is 11.3 Å². The normalized spacial score (nSPS) is 15.2. The average Bonchev–Trinajstić information content (AvgIpc) is 2.41. The third-order valence-electron chi connectivity index (χ3n) is 2.60. The van der Waals surface area contributed by atoms with Crippen molar-refractivity contribution in [1.29, 1.82) is 0 Å². The number of anilines is 1. The van der Waals surface area contributed by atoms with Crippen molar-refractivity contribution in [2.45, 2.75) is 32.6 Å². The lowest BCUT2D eigenvalue weighted by Crippen LogP contribution is -2.11. The molecule has 1 aromatic carbocycles. The fourth-order valence-electron chi connectivity index (χ4n) is 1.68. The Morgan fingerprint density at radius 1 is 1.36 bits per heavy atom. The Balaban J connectivity index is 0.00000112. The molecule has 0 saturated heterocycles. The molecule has 2 heteroatoms. The summed E-state index contributed by atoms with van der Waals surface area (Å²) in [5, 5.41) is 2.87. The second-order valence-electron chi connectivity index (χ2n) is 4.85. The van der Waals surface area contributed by atoms with Crippen LogP contribution in [-0.2, 0) is 16.6 Å². The zero-order chi connectivity index (χ0) is 10.3. The third kappa shape index (κ3) is 1.52. The first-order valence-electron chi connectivity index (χ1n) is 4.90. The molecule has 1 heterocycles. The Morgan fingerprint density at radius 3 is 2.71 bits per heavy atom. The van der Waals surface area contributed by atoms with Gasteiger partial charge in [-0.2, -0.15) is 0 Å². The van der Waals surface area contributed by atoms with E-state index in [1.54, 1.807) is 0 Å². The quantitative estimate of drug-likeness (QED) is 0.671. The van der Waals surface area contributed by atoms with Crippen LogP contribution >= 0.6 is 0 Å². The van der Waals surface area contributed by atoms with Gasteiger partial charge >= 0.3 is 0 Å². The summed E-state index contributed by atoms with van der Waals surface area (Å²) in [5.74, 6) is 0.103. The van der Waals surface area contributed by atoms with Gasteiger partial charge in [-0.05, 0) is 22.6 Å². The van der Waals surface area contributed by atoms with Crippen LogP contribution in [0.3, 0.4) is 0 Å². The minimum Gasteiger partial charge on any atom is -0.326 e. The molecule has 0 saturated carbocycles. The molecule has 0 aliphatic carbocycles. The Bertz CT molecular complexity index is 393. The molecule has 1 aliphatic heterocycles. The van der Waals surface area contributed by atoms with Crippen LogP contribution < -0.4 is 5.32 Å². The maximum atomic E-state index is 11.1. The van der Waals surface area contributed by atoms with Crippen LogP contribution in [0.4, 0.5) is 5.69 Å². The summed E-state index contributed by atoms with van der Waals surface area (Å²) in [5.41, 5.74) is 3.51. The second kappa shape index (κ2) is 2.84. The van der Waals surface area contributed by atoms with Crippen LogP contribution in [0.5, 0.6) is 0 Å². The Morgan fingerprint density at radius 2 is 2.07 bits per heavy atom. The minimum absolute atomic E-state index is 0. The number of amides is 1. The zero-order valence-electron chi connectivity index (χ0n) is 8.85. The van der Waals surface area contributed by atoms with Crippen molar-refractivity contribution >= 4 is 11.6 Å². The number of hydrogen-bond donors (Lipinski definition) is 1. The fourth-order valence-corrected chi connectivity index (χ4v) is 1.68. The number of benzene rings is 1. The van der Waals surface area contributed by atoms with Crippen LogP contribution in [0.25, 0.3) is 0 Å². The molecule has 1 aromatic rings. The van der Waals surface area contributed by atoms with Gasteiger partial charge in [0.25, 0.3) is 0 Å². The molecule has 0 atom stereocenters. The first-order valence-corrected chi connectivity index (χ1v) is 4.90. The van der Waals surface area contributed by atoms with Gasteiger partial charge in [0, 0.05) is 7.11 Å². The van der Waals surface area contributed by atoms with E-state index in [0.29, 0.717) is 6.42 Å². The van der Waals surface area contributed by atoms with Gasteiger partial charge in [-0.25, -0.2) is 0 Å². The minimum atomic E-state index is 0. The fraction of sp³-hybridized carbons (Fsp3) is 0.417. The molecule has 0 radical (unpaired) electrons. The van der Waals surface area contributed by atoms with Crippen molar-refractivity contribution in [2.24, 2.45) is 0 Å². The highest BCUT2D eigenvalue weighted by Crippen LogP contribution is 2.29. The maximum Gasteiger partial charge on any atom is 0.228 e. The van der Waals surface area contributed by atoms with Crippen molar-refractivity contribution in [3.63, 3.8) is 0 Å². The van der Waals surface area contributed by atoms with Crippen molar-refractivity contribution in [3.05, 3.63) is 29.3 Å². The standard InChI is InChI=1S/C12H15NO.H2/c1-12(2,3)9-5-4-8-6-11(14)13-10(8)7-9;/h4-5,7H,6H2,1-3H3,(H,13,14);1H. The van der Waals surface area contributed by atoms with Gasteiger partial charge in [-0.15, -0.1) is 0 Å². The van der Waals surface area contributed by atoms with Crippen molar-refractivity contribution < 1.29 is 6.22 Å². The molecular weight excluding hydrogens is 174 g/mol. The molecule has 76 valence electrons.